The lowest BCUT2D eigenvalue weighted by atomic mass is 10.0. The minimum atomic E-state index is -0.466. The van der Waals surface area contributed by atoms with E-state index in [0.29, 0.717) is 19.5 Å². The summed E-state index contributed by atoms with van der Waals surface area (Å²) in [5, 5.41) is 21.9. The normalized spacial score (nSPS) is 21.6. The number of para-hydroxylation sites is 1. The number of carbonyl (C=O) groups is 2. The summed E-state index contributed by atoms with van der Waals surface area (Å²) >= 11 is 1.63. The van der Waals surface area contributed by atoms with Gasteiger partial charge in [-0.1, -0.05) is 24.3 Å². The third-order valence-electron chi connectivity index (χ3n) is 5.53. The van der Waals surface area contributed by atoms with Crippen molar-refractivity contribution < 1.29 is 14.7 Å². The summed E-state index contributed by atoms with van der Waals surface area (Å²) in [7, 11) is 1.53. The van der Waals surface area contributed by atoms with E-state index in [1.54, 1.807) is 22.2 Å². The first-order chi connectivity index (χ1) is 14.5. The Morgan fingerprint density at radius 1 is 1.43 bits per heavy atom. The molecule has 1 aliphatic heterocycles. The highest BCUT2D eigenvalue weighted by Gasteiger charge is 2.37. The number of thiazole rings is 1. The highest BCUT2D eigenvalue weighted by molar-refractivity contribution is 7.18. The van der Waals surface area contributed by atoms with E-state index in [1.807, 2.05) is 31.2 Å². The van der Waals surface area contributed by atoms with Crippen LogP contribution in [0.4, 0.5) is 0 Å². The topological polar surface area (TPSA) is 113 Å². The van der Waals surface area contributed by atoms with E-state index in [-0.39, 0.29) is 29.6 Å². The molecule has 0 spiro atoms. The van der Waals surface area contributed by atoms with E-state index in [1.165, 1.54) is 7.05 Å². The number of carbonyl (C=O) groups excluding carboxylic acids is 2. The molecule has 1 aliphatic rings. The summed E-state index contributed by atoms with van der Waals surface area (Å²) in [6.45, 7) is 2.78. The zero-order valence-electron chi connectivity index (χ0n) is 16.8. The third-order valence-corrected chi connectivity index (χ3v) is 6.67. The standard InChI is InChI=1S/C20H24N6O3S/c1-12(11-27)17(26-9-15(23-24-26)19(29)21-2)10-25-8-13(28)7-16(25)20-22-14-5-3-4-6-18(14)30-20/h3-6,9,11-13,16-17,28H,7-8,10H2,1-2H3,(H,21,29). The predicted molar refractivity (Wildman–Crippen MR) is 112 cm³/mol. The number of β-amino-alcohol motifs (C(OH)–C–C–N with tert-alkyl or cyclic N) is 1. The number of hydrogen-bond donors (Lipinski definition) is 2. The molecule has 0 bridgehead atoms. The number of benzene rings is 1. The molecule has 4 rings (SSSR count). The number of hydrogen-bond acceptors (Lipinski definition) is 8. The molecule has 2 N–H and O–H groups in total. The third kappa shape index (κ3) is 3.98. The van der Waals surface area contributed by atoms with Crippen LogP contribution in [0.5, 0.6) is 0 Å². The Balaban J connectivity index is 1.61. The van der Waals surface area contributed by atoms with Crippen LogP contribution in [0, 0.1) is 5.92 Å². The molecule has 0 radical (unpaired) electrons. The van der Waals surface area contributed by atoms with Gasteiger partial charge in [0.15, 0.2) is 5.69 Å². The quantitative estimate of drug-likeness (QED) is 0.547. The van der Waals surface area contributed by atoms with Gasteiger partial charge in [0.1, 0.15) is 11.3 Å². The molecule has 0 saturated carbocycles. The maximum atomic E-state index is 11.9. The van der Waals surface area contributed by atoms with Crippen LogP contribution < -0.4 is 5.32 Å². The van der Waals surface area contributed by atoms with Gasteiger partial charge in [-0.15, -0.1) is 16.4 Å². The van der Waals surface area contributed by atoms with Gasteiger partial charge in [-0.05, 0) is 18.6 Å². The number of fused-ring (bicyclic) bond motifs is 1. The minimum Gasteiger partial charge on any atom is -0.392 e. The van der Waals surface area contributed by atoms with Crippen LogP contribution in [0.3, 0.4) is 0 Å². The molecule has 4 atom stereocenters. The Hall–Kier alpha value is -2.69. The molecule has 3 aromatic rings. The van der Waals surface area contributed by atoms with Gasteiger partial charge < -0.3 is 15.2 Å². The number of nitrogens with one attached hydrogen (secondary N) is 1. The molecule has 30 heavy (non-hydrogen) atoms. The number of aliphatic hydroxyl groups is 1. The Kier molecular flexibility index (Phi) is 5.89. The van der Waals surface area contributed by atoms with Crippen molar-refractivity contribution in [1.29, 1.82) is 0 Å². The van der Waals surface area contributed by atoms with Crippen LogP contribution in [-0.4, -0.2) is 68.4 Å². The van der Waals surface area contributed by atoms with E-state index >= 15 is 0 Å². The zero-order valence-corrected chi connectivity index (χ0v) is 17.6. The van der Waals surface area contributed by atoms with Crippen molar-refractivity contribution in [1.82, 2.24) is 30.2 Å². The Morgan fingerprint density at radius 2 is 2.23 bits per heavy atom. The van der Waals surface area contributed by atoms with Crippen LogP contribution >= 0.6 is 11.3 Å². The van der Waals surface area contributed by atoms with Gasteiger partial charge >= 0.3 is 0 Å². The molecule has 0 aliphatic carbocycles. The first-order valence-electron chi connectivity index (χ1n) is 9.87. The molecule has 1 amide bonds. The van der Waals surface area contributed by atoms with Crippen molar-refractivity contribution in [2.24, 2.45) is 5.92 Å². The molecular formula is C20H24N6O3S. The molecule has 1 fully saturated rings. The summed E-state index contributed by atoms with van der Waals surface area (Å²) in [6.07, 6.45) is 2.56. The largest absolute Gasteiger partial charge is 0.392 e. The van der Waals surface area contributed by atoms with Crippen LogP contribution in [-0.2, 0) is 4.79 Å². The number of aliphatic hydroxyl groups excluding tert-OH is 1. The smallest absolute Gasteiger partial charge is 0.273 e. The Labute approximate surface area is 177 Å². The molecule has 10 heteroatoms. The maximum Gasteiger partial charge on any atom is 0.273 e. The van der Waals surface area contributed by atoms with Gasteiger partial charge in [0.25, 0.3) is 5.91 Å². The average molecular weight is 429 g/mol. The Morgan fingerprint density at radius 3 is 2.97 bits per heavy atom. The van der Waals surface area contributed by atoms with Crippen molar-refractivity contribution in [2.45, 2.75) is 31.5 Å². The molecule has 1 aromatic carbocycles. The number of rotatable bonds is 7. The van der Waals surface area contributed by atoms with Gasteiger partial charge in [-0.2, -0.15) is 0 Å². The summed E-state index contributed by atoms with van der Waals surface area (Å²) in [5.41, 5.74) is 1.15. The fraction of sp³-hybridized carbons (Fsp3) is 0.450. The highest BCUT2D eigenvalue weighted by atomic mass is 32.1. The summed E-state index contributed by atoms with van der Waals surface area (Å²) < 4.78 is 2.68. The second-order valence-electron chi connectivity index (χ2n) is 7.60. The number of aldehydes is 1. The van der Waals surface area contributed by atoms with Gasteiger partial charge in [0.2, 0.25) is 0 Å². The minimum absolute atomic E-state index is 0.0410. The van der Waals surface area contributed by atoms with E-state index < -0.39 is 6.10 Å². The monoisotopic (exact) mass is 428 g/mol. The SMILES string of the molecule is CNC(=O)c1cn(C(CN2CC(O)CC2c2nc3ccccc3s2)C(C)C=O)nn1. The first-order valence-corrected chi connectivity index (χ1v) is 10.7. The first kappa shape index (κ1) is 20.6. The zero-order chi connectivity index (χ0) is 21.3. The van der Waals surface area contributed by atoms with E-state index in [2.05, 4.69) is 20.5 Å². The molecule has 158 valence electrons. The van der Waals surface area contributed by atoms with Crippen LogP contribution in [0.2, 0.25) is 0 Å². The van der Waals surface area contributed by atoms with Crippen molar-refractivity contribution in [2.75, 3.05) is 20.1 Å². The van der Waals surface area contributed by atoms with Crippen molar-refractivity contribution in [3.05, 3.63) is 41.2 Å². The summed E-state index contributed by atoms with van der Waals surface area (Å²) in [4.78, 5) is 30.4. The van der Waals surface area contributed by atoms with Crippen molar-refractivity contribution >= 4 is 33.7 Å². The lowest BCUT2D eigenvalue weighted by molar-refractivity contribution is -0.112. The van der Waals surface area contributed by atoms with E-state index in [9.17, 15) is 14.7 Å². The second kappa shape index (κ2) is 8.58. The second-order valence-corrected chi connectivity index (χ2v) is 8.67. The summed E-state index contributed by atoms with van der Waals surface area (Å²) in [5.74, 6) is -0.680. The van der Waals surface area contributed by atoms with Crippen LogP contribution in [0.15, 0.2) is 30.5 Å². The van der Waals surface area contributed by atoms with Crippen LogP contribution in [0.25, 0.3) is 10.2 Å². The molecule has 9 nitrogen and oxygen atoms in total. The lowest BCUT2D eigenvalue weighted by Crippen LogP contribution is -2.35. The molecular weight excluding hydrogens is 404 g/mol. The van der Waals surface area contributed by atoms with Crippen molar-refractivity contribution in [3.63, 3.8) is 0 Å². The van der Waals surface area contributed by atoms with E-state index in [0.717, 1.165) is 21.5 Å². The van der Waals surface area contributed by atoms with Gasteiger partial charge in [-0.3, -0.25) is 9.69 Å². The summed E-state index contributed by atoms with van der Waals surface area (Å²) in [6, 6.07) is 7.61. The van der Waals surface area contributed by atoms with Crippen LogP contribution in [0.1, 0.15) is 40.9 Å². The van der Waals surface area contributed by atoms with Gasteiger partial charge in [0.05, 0.1) is 34.6 Å². The van der Waals surface area contributed by atoms with Gasteiger partial charge in [-0.25, -0.2) is 9.67 Å². The maximum absolute atomic E-state index is 11.9. The number of amides is 1. The van der Waals surface area contributed by atoms with Gasteiger partial charge in [0, 0.05) is 26.1 Å². The lowest BCUT2D eigenvalue weighted by Gasteiger charge is -2.29. The molecule has 3 heterocycles. The number of aromatic nitrogens is 4. The molecule has 2 aromatic heterocycles. The Bertz CT molecular complexity index is 1020. The average Bonchev–Trinajstić information content (AvgIpc) is 3.48. The predicted octanol–water partition coefficient (Wildman–Crippen LogP) is 1.43. The van der Waals surface area contributed by atoms with Crippen molar-refractivity contribution in [3.8, 4) is 0 Å². The van der Waals surface area contributed by atoms with E-state index in [4.69, 9.17) is 4.98 Å². The fourth-order valence-electron chi connectivity index (χ4n) is 3.86. The molecule has 4 unspecified atom stereocenters. The molecule has 1 saturated heterocycles. The fourth-order valence-corrected chi connectivity index (χ4v) is 4.98. The highest BCUT2D eigenvalue weighted by Crippen LogP contribution is 2.37. The number of likely N-dealkylation sites (tertiary alicyclic amines) is 1. The number of nitrogens with zero attached hydrogens (tertiary/aromatic N) is 5.